The van der Waals surface area contributed by atoms with Crippen molar-refractivity contribution in [2.45, 2.75) is 24.0 Å². The number of sulfonamides is 1. The molecule has 0 spiro atoms. The molecule has 1 aromatic heterocycles. The van der Waals surface area contributed by atoms with Crippen molar-refractivity contribution in [2.24, 2.45) is 0 Å². The Morgan fingerprint density at radius 2 is 1.73 bits per heavy atom. The maximum Gasteiger partial charge on any atom is 0.277 e. The van der Waals surface area contributed by atoms with Crippen LogP contribution in [0.3, 0.4) is 0 Å². The summed E-state index contributed by atoms with van der Waals surface area (Å²) in [6.45, 7) is 4.93. The zero-order valence-electron chi connectivity index (χ0n) is 18.2. The first kappa shape index (κ1) is 23.4. The highest BCUT2D eigenvalue weighted by Gasteiger charge is 2.30. The number of amides is 1. The molecule has 0 bridgehead atoms. The number of carbonyl (C=O) groups excluding carboxylic acids is 1. The maximum absolute atomic E-state index is 13.1. The van der Waals surface area contributed by atoms with Crippen molar-refractivity contribution in [3.8, 4) is 11.5 Å². The van der Waals surface area contributed by atoms with E-state index in [0.29, 0.717) is 11.1 Å². The van der Waals surface area contributed by atoms with Gasteiger partial charge < -0.3 is 9.32 Å². The quantitative estimate of drug-likeness (QED) is 0.490. The zero-order valence-corrected chi connectivity index (χ0v) is 19.8. The first-order valence-electron chi connectivity index (χ1n) is 10.3. The highest BCUT2D eigenvalue weighted by Crippen LogP contribution is 2.25. The molecule has 174 valence electrons. The van der Waals surface area contributed by atoms with Crippen molar-refractivity contribution in [3.05, 3.63) is 59.4 Å². The van der Waals surface area contributed by atoms with Crippen molar-refractivity contribution in [2.75, 3.05) is 31.9 Å². The van der Waals surface area contributed by atoms with E-state index in [2.05, 4.69) is 10.2 Å². The monoisotopic (exact) mass is 490 g/mol. The van der Waals surface area contributed by atoms with Crippen LogP contribution in [0.4, 0.5) is 4.39 Å². The molecule has 2 heterocycles. The lowest BCUT2D eigenvalue weighted by atomic mass is 10.1. The second-order valence-electron chi connectivity index (χ2n) is 7.70. The highest BCUT2D eigenvalue weighted by atomic mass is 32.2. The van der Waals surface area contributed by atoms with Gasteiger partial charge in [-0.25, -0.2) is 12.8 Å². The van der Waals surface area contributed by atoms with Crippen LogP contribution in [0.5, 0.6) is 0 Å². The summed E-state index contributed by atoms with van der Waals surface area (Å²) in [6.07, 6.45) is 0. The average Bonchev–Trinajstić information content (AvgIpc) is 3.29. The number of hydrogen-bond donors (Lipinski definition) is 0. The van der Waals surface area contributed by atoms with Gasteiger partial charge in [0.2, 0.25) is 21.8 Å². The Bertz CT molecular complexity index is 1250. The Balaban J connectivity index is 1.30. The number of aromatic nitrogens is 2. The van der Waals surface area contributed by atoms with Crippen LogP contribution in [0, 0.1) is 19.7 Å². The number of aryl methyl sites for hydroxylation is 2. The van der Waals surface area contributed by atoms with Crippen LogP contribution in [-0.4, -0.2) is 65.7 Å². The minimum absolute atomic E-state index is 0.0372. The van der Waals surface area contributed by atoms with E-state index in [1.807, 2.05) is 32.0 Å². The normalized spacial score (nSPS) is 15.1. The van der Waals surface area contributed by atoms with Gasteiger partial charge in [-0.2, -0.15) is 4.31 Å². The molecule has 1 saturated heterocycles. The molecule has 0 radical (unpaired) electrons. The third-order valence-electron chi connectivity index (χ3n) is 5.52. The Morgan fingerprint density at radius 3 is 2.39 bits per heavy atom. The van der Waals surface area contributed by atoms with Crippen molar-refractivity contribution in [1.29, 1.82) is 0 Å². The number of piperazine rings is 1. The Hall–Kier alpha value is -2.76. The first-order valence-corrected chi connectivity index (χ1v) is 12.7. The second kappa shape index (κ2) is 9.62. The molecule has 1 fully saturated rings. The van der Waals surface area contributed by atoms with Crippen LogP contribution in [-0.2, 0) is 14.8 Å². The van der Waals surface area contributed by atoms with E-state index in [9.17, 15) is 17.6 Å². The van der Waals surface area contributed by atoms with Crippen LogP contribution < -0.4 is 0 Å². The molecule has 33 heavy (non-hydrogen) atoms. The number of nitrogens with zero attached hydrogens (tertiary/aromatic N) is 4. The van der Waals surface area contributed by atoms with E-state index >= 15 is 0 Å². The number of thioether (sulfide) groups is 1. The molecule has 0 atom stereocenters. The van der Waals surface area contributed by atoms with Gasteiger partial charge in [-0.05, 0) is 61.4 Å². The second-order valence-corrected chi connectivity index (χ2v) is 10.6. The third-order valence-corrected chi connectivity index (χ3v) is 8.24. The van der Waals surface area contributed by atoms with E-state index in [1.165, 1.54) is 22.0 Å². The molecule has 0 aliphatic carbocycles. The molecular formula is C22H23FN4O4S2. The number of rotatable bonds is 6. The van der Waals surface area contributed by atoms with Crippen molar-refractivity contribution in [1.82, 2.24) is 19.4 Å². The summed E-state index contributed by atoms with van der Waals surface area (Å²) in [5.74, 6) is -0.124. The number of halogens is 1. The Labute approximate surface area is 195 Å². The zero-order chi connectivity index (χ0) is 23.6. The van der Waals surface area contributed by atoms with Gasteiger partial charge in [0.25, 0.3) is 5.22 Å². The standard InChI is InChI=1S/C22H23FN4O4S2/c1-15-3-4-17(13-16(15)2)21-24-25-22(31-21)32-14-20(28)26-9-11-27(12-10-26)33(29,30)19-7-5-18(23)6-8-19/h3-8,13H,9-12,14H2,1-2H3. The number of carbonyl (C=O) groups is 1. The van der Waals surface area contributed by atoms with Gasteiger partial charge in [0, 0.05) is 31.7 Å². The molecule has 0 N–H and O–H groups in total. The van der Waals surface area contributed by atoms with Crippen LogP contribution in [0.1, 0.15) is 11.1 Å². The van der Waals surface area contributed by atoms with Crippen LogP contribution in [0.2, 0.25) is 0 Å². The number of hydrogen-bond acceptors (Lipinski definition) is 7. The maximum atomic E-state index is 13.1. The smallest absolute Gasteiger partial charge is 0.277 e. The van der Waals surface area contributed by atoms with E-state index in [1.54, 1.807) is 4.90 Å². The van der Waals surface area contributed by atoms with E-state index in [-0.39, 0.29) is 42.7 Å². The average molecular weight is 491 g/mol. The topological polar surface area (TPSA) is 96.6 Å². The fourth-order valence-electron chi connectivity index (χ4n) is 3.41. The minimum Gasteiger partial charge on any atom is -0.411 e. The SMILES string of the molecule is Cc1ccc(-c2nnc(SCC(=O)N3CCN(S(=O)(=O)c4ccc(F)cc4)CC3)o2)cc1C. The minimum atomic E-state index is -3.72. The molecule has 11 heteroatoms. The van der Waals surface area contributed by atoms with Crippen molar-refractivity contribution >= 4 is 27.7 Å². The fraction of sp³-hybridized carbons (Fsp3) is 0.318. The van der Waals surface area contributed by atoms with Crippen LogP contribution in [0.15, 0.2) is 57.0 Å². The summed E-state index contributed by atoms with van der Waals surface area (Å²) < 4.78 is 45.5. The van der Waals surface area contributed by atoms with Crippen molar-refractivity contribution in [3.63, 3.8) is 0 Å². The van der Waals surface area contributed by atoms with Gasteiger partial charge in [0.05, 0.1) is 10.6 Å². The third kappa shape index (κ3) is 5.26. The Kier molecular flexibility index (Phi) is 6.82. The van der Waals surface area contributed by atoms with Crippen molar-refractivity contribution < 1.29 is 22.0 Å². The predicted molar refractivity (Wildman–Crippen MR) is 122 cm³/mol. The molecule has 0 unspecified atom stereocenters. The predicted octanol–water partition coefficient (Wildman–Crippen LogP) is 3.12. The molecule has 1 aliphatic heterocycles. The lowest BCUT2D eigenvalue weighted by molar-refractivity contribution is -0.129. The molecule has 4 rings (SSSR count). The summed E-state index contributed by atoms with van der Waals surface area (Å²) in [7, 11) is -3.72. The Morgan fingerprint density at radius 1 is 1.03 bits per heavy atom. The molecular weight excluding hydrogens is 467 g/mol. The summed E-state index contributed by atoms with van der Waals surface area (Å²) in [4.78, 5) is 14.3. The van der Waals surface area contributed by atoms with E-state index < -0.39 is 15.8 Å². The lowest BCUT2D eigenvalue weighted by Crippen LogP contribution is -2.50. The van der Waals surface area contributed by atoms with Gasteiger partial charge in [0.15, 0.2) is 0 Å². The van der Waals surface area contributed by atoms with Gasteiger partial charge in [-0.3, -0.25) is 4.79 Å². The lowest BCUT2D eigenvalue weighted by Gasteiger charge is -2.33. The highest BCUT2D eigenvalue weighted by molar-refractivity contribution is 7.99. The molecule has 1 aliphatic rings. The van der Waals surface area contributed by atoms with Gasteiger partial charge in [-0.15, -0.1) is 10.2 Å². The largest absolute Gasteiger partial charge is 0.411 e. The summed E-state index contributed by atoms with van der Waals surface area (Å²) >= 11 is 1.15. The summed E-state index contributed by atoms with van der Waals surface area (Å²) in [5.41, 5.74) is 3.11. The van der Waals surface area contributed by atoms with E-state index in [4.69, 9.17) is 4.42 Å². The van der Waals surface area contributed by atoms with E-state index in [0.717, 1.165) is 35.0 Å². The first-order chi connectivity index (χ1) is 15.7. The van der Waals surface area contributed by atoms with Gasteiger partial charge in [0.1, 0.15) is 5.82 Å². The summed E-state index contributed by atoms with van der Waals surface area (Å²) in [6, 6.07) is 10.6. The molecule has 3 aromatic rings. The van der Waals surface area contributed by atoms with Gasteiger partial charge >= 0.3 is 0 Å². The molecule has 1 amide bonds. The molecule has 0 saturated carbocycles. The van der Waals surface area contributed by atoms with Crippen LogP contribution in [0.25, 0.3) is 11.5 Å². The summed E-state index contributed by atoms with van der Waals surface area (Å²) in [5, 5.41) is 8.37. The van der Waals surface area contributed by atoms with Gasteiger partial charge in [-0.1, -0.05) is 17.8 Å². The van der Waals surface area contributed by atoms with Crippen LogP contribution >= 0.6 is 11.8 Å². The number of benzene rings is 2. The fourth-order valence-corrected chi connectivity index (χ4v) is 5.50. The molecule has 2 aromatic carbocycles. The molecule has 8 nitrogen and oxygen atoms in total.